The number of carbonyl (C=O) groups excluding carboxylic acids is 2. The van der Waals surface area contributed by atoms with Gasteiger partial charge in [0.1, 0.15) is 6.10 Å². The largest absolute Gasteiger partial charge is 0.462 e. The molecule has 0 spiro atoms. The molecule has 0 saturated carbocycles. The van der Waals surface area contributed by atoms with Gasteiger partial charge in [0.2, 0.25) is 5.91 Å². The lowest BCUT2D eigenvalue weighted by molar-refractivity contribution is -0.151. The van der Waals surface area contributed by atoms with Crippen molar-refractivity contribution in [1.82, 2.24) is 5.32 Å². The summed E-state index contributed by atoms with van der Waals surface area (Å²) in [6.45, 7) is 6.40. The number of ether oxygens (including phenoxy) is 1. The summed E-state index contributed by atoms with van der Waals surface area (Å²) in [4.78, 5) is 25.9. The molecule has 0 aliphatic carbocycles. The smallest absolute Gasteiger partial charge is 0.306 e. The fraction of sp³-hybridized carbons (Fsp3) is 0.911. The molecule has 3 atom stereocenters. The second kappa shape index (κ2) is 39.8. The number of unbranched alkanes of at least 4 members (excludes halogenated alkanes) is 26. The average molecular weight is 722 g/mol. The fourth-order valence-corrected chi connectivity index (χ4v) is 6.90. The molecule has 0 aromatic carbocycles. The zero-order valence-electron chi connectivity index (χ0n) is 34.3. The van der Waals surface area contributed by atoms with Gasteiger partial charge in [-0.05, 0) is 44.9 Å². The third kappa shape index (κ3) is 35.4. The van der Waals surface area contributed by atoms with E-state index < -0.39 is 18.2 Å². The molecule has 0 radical (unpaired) electrons. The number of hydrogen-bond donors (Lipinski definition) is 3. The molecule has 3 unspecified atom stereocenters. The normalized spacial score (nSPS) is 13.4. The lowest BCUT2D eigenvalue weighted by Gasteiger charge is -2.24. The number of nitrogens with one attached hydrogen (secondary N) is 1. The van der Waals surface area contributed by atoms with Crippen molar-refractivity contribution in [2.24, 2.45) is 0 Å². The average Bonchev–Trinajstić information content (AvgIpc) is 3.12. The molecule has 0 heterocycles. The van der Waals surface area contributed by atoms with E-state index in [0.29, 0.717) is 19.3 Å². The summed E-state index contributed by atoms with van der Waals surface area (Å²) >= 11 is 0. The summed E-state index contributed by atoms with van der Waals surface area (Å²) in [6, 6.07) is -0.693. The molecule has 302 valence electrons. The van der Waals surface area contributed by atoms with Gasteiger partial charge in [0.25, 0.3) is 0 Å². The number of carbonyl (C=O) groups is 2. The Morgan fingerprint density at radius 3 is 1.47 bits per heavy atom. The van der Waals surface area contributed by atoms with E-state index in [9.17, 15) is 19.8 Å². The topological polar surface area (TPSA) is 95.9 Å². The molecule has 0 bridgehead atoms. The van der Waals surface area contributed by atoms with Gasteiger partial charge in [0.15, 0.2) is 0 Å². The van der Waals surface area contributed by atoms with Crippen molar-refractivity contribution < 1.29 is 24.5 Å². The van der Waals surface area contributed by atoms with Gasteiger partial charge in [-0.2, -0.15) is 0 Å². The van der Waals surface area contributed by atoms with Crippen molar-refractivity contribution in [3.05, 3.63) is 12.2 Å². The highest BCUT2D eigenvalue weighted by molar-refractivity contribution is 5.77. The lowest BCUT2D eigenvalue weighted by Crippen LogP contribution is -2.46. The van der Waals surface area contributed by atoms with Gasteiger partial charge in [-0.1, -0.05) is 193 Å². The highest BCUT2D eigenvalue weighted by Crippen LogP contribution is 2.18. The van der Waals surface area contributed by atoms with E-state index in [1.54, 1.807) is 0 Å². The van der Waals surface area contributed by atoms with Crippen molar-refractivity contribution >= 4 is 11.9 Å². The number of allylic oxidation sites excluding steroid dienone is 2. The number of esters is 1. The second-order valence-corrected chi connectivity index (χ2v) is 15.5. The summed E-state index contributed by atoms with van der Waals surface area (Å²) in [7, 11) is 0. The van der Waals surface area contributed by atoms with Crippen LogP contribution in [0.2, 0.25) is 0 Å². The molecule has 0 aromatic heterocycles. The van der Waals surface area contributed by atoms with Crippen LogP contribution in [-0.4, -0.2) is 46.9 Å². The predicted octanol–water partition coefficient (Wildman–Crippen LogP) is 12.6. The van der Waals surface area contributed by atoms with E-state index in [4.69, 9.17) is 4.74 Å². The Morgan fingerprint density at radius 1 is 0.549 bits per heavy atom. The van der Waals surface area contributed by atoms with E-state index >= 15 is 0 Å². The molecule has 0 aliphatic rings. The maximum absolute atomic E-state index is 13.1. The van der Waals surface area contributed by atoms with Gasteiger partial charge >= 0.3 is 5.97 Å². The van der Waals surface area contributed by atoms with Crippen LogP contribution in [0.1, 0.15) is 239 Å². The standard InChI is InChI=1S/C45H87NO5/c1-4-7-10-13-16-19-21-22-23-25-27-30-33-36-41(51-45(50)38-35-32-29-26-20-17-14-11-8-5-2)39-44(49)46-42(40-47)43(48)37-34-31-28-24-18-15-12-9-6-3/h11,14,41-43,47-48H,4-10,12-13,15-40H2,1-3H3,(H,46,49)/b14-11-. The van der Waals surface area contributed by atoms with Crippen molar-refractivity contribution in [2.45, 2.75) is 257 Å². The van der Waals surface area contributed by atoms with Crippen LogP contribution < -0.4 is 5.32 Å². The first-order valence-electron chi connectivity index (χ1n) is 22.4. The molecule has 0 aliphatic heterocycles. The summed E-state index contributed by atoms with van der Waals surface area (Å²) in [5, 5.41) is 23.5. The zero-order chi connectivity index (χ0) is 37.5. The van der Waals surface area contributed by atoms with Gasteiger partial charge in [-0.3, -0.25) is 9.59 Å². The van der Waals surface area contributed by atoms with Crippen molar-refractivity contribution in [3.63, 3.8) is 0 Å². The van der Waals surface area contributed by atoms with Gasteiger partial charge < -0.3 is 20.3 Å². The minimum absolute atomic E-state index is 0.0802. The molecule has 0 rings (SSSR count). The van der Waals surface area contributed by atoms with Crippen LogP contribution in [0.15, 0.2) is 12.2 Å². The van der Waals surface area contributed by atoms with E-state index in [-0.39, 0.29) is 24.9 Å². The van der Waals surface area contributed by atoms with Gasteiger partial charge in [-0.15, -0.1) is 0 Å². The van der Waals surface area contributed by atoms with Crippen LogP contribution in [0.5, 0.6) is 0 Å². The third-order valence-corrected chi connectivity index (χ3v) is 10.3. The monoisotopic (exact) mass is 722 g/mol. The molecule has 6 heteroatoms. The predicted molar refractivity (Wildman–Crippen MR) is 218 cm³/mol. The molecule has 51 heavy (non-hydrogen) atoms. The third-order valence-electron chi connectivity index (χ3n) is 10.3. The Labute approximate surface area is 317 Å². The molecular weight excluding hydrogens is 634 g/mol. The Kier molecular flexibility index (Phi) is 38.7. The van der Waals surface area contributed by atoms with Crippen LogP contribution in [0.25, 0.3) is 0 Å². The molecular formula is C45H87NO5. The zero-order valence-corrected chi connectivity index (χ0v) is 34.3. The summed E-state index contributed by atoms with van der Waals surface area (Å²) in [5.74, 6) is -0.477. The van der Waals surface area contributed by atoms with Crippen molar-refractivity contribution in [3.8, 4) is 0 Å². The lowest BCUT2D eigenvalue weighted by atomic mass is 10.0. The van der Waals surface area contributed by atoms with Gasteiger partial charge in [-0.25, -0.2) is 0 Å². The minimum Gasteiger partial charge on any atom is -0.462 e. The molecule has 0 fully saturated rings. The van der Waals surface area contributed by atoms with E-state index in [0.717, 1.165) is 64.2 Å². The quantitative estimate of drug-likeness (QED) is 0.0332. The van der Waals surface area contributed by atoms with Crippen LogP contribution in [0.4, 0.5) is 0 Å². The second-order valence-electron chi connectivity index (χ2n) is 15.5. The molecule has 0 saturated heterocycles. The summed E-state index contributed by atoms with van der Waals surface area (Å²) in [5.41, 5.74) is 0. The number of aliphatic hydroxyl groups excluding tert-OH is 2. The Balaban J connectivity index is 4.58. The van der Waals surface area contributed by atoms with Crippen LogP contribution in [-0.2, 0) is 14.3 Å². The van der Waals surface area contributed by atoms with Gasteiger partial charge in [0, 0.05) is 6.42 Å². The maximum atomic E-state index is 13.1. The summed E-state index contributed by atoms with van der Waals surface area (Å²) < 4.78 is 5.89. The van der Waals surface area contributed by atoms with Crippen molar-refractivity contribution in [1.29, 1.82) is 0 Å². The summed E-state index contributed by atoms with van der Waals surface area (Å²) in [6.07, 6.45) is 41.3. The molecule has 3 N–H and O–H groups in total. The fourth-order valence-electron chi connectivity index (χ4n) is 6.90. The molecule has 0 aromatic rings. The van der Waals surface area contributed by atoms with Gasteiger partial charge in [0.05, 0.1) is 25.2 Å². The first kappa shape index (κ1) is 49.6. The van der Waals surface area contributed by atoms with E-state index in [1.165, 1.54) is 128 Å². The van der Waals surface area contributed by atoms with E-state index in [2.05, 4.69) is 38.2 Å². The van der Waals surface area contributed by atoms with Crippen LogP contribution in [0, 0.1) is 0 Å². The Bertz CT molecular complexity index is 772. The maximum Gasteiger partial charge on any atom is 0.306 e. The van der Waals surface area contributed by atoms with Crippen molar-refractivity contribution in [2.75, 3.05) is 6.61 Å². The molecule has 6 nitrogen and oxygen atoms in total. The first-order valence-corrected chi connectivity index (χ1v) is 22.4. The first-order chi connectivity index (χ1) is 25.0. The molecule has 1 amide bonds. The highest BCUT2D eigenvalue weighted by atomic mass is 16.5. The van der Waals surface area contributed by atoms with Crippen LogP contribution in [0.3, 0.4) is 0 Å². The van der Waals surface area contributed by atoms with Crippen LogP contribution >= 0.6 is 0 Å². The Morgan fingerprint density at radius 2 is 0.980 bits per heavy atom. The number of hydrogen-bond acceptors (Lipinski definition) is 5. The Hall–Kier alpha value is -1.40. The van der Waals surface area contributed by atoms with E-state index in [1.807, 2.05) is 0 Å². The number of amides is 1. The number of aliphatic hydroxyl groups is 2. The number of rotatable bonds is 40. The SMILES string of the molecule is CCC/C=C\CCCCCCCC(=O)OC(CCCCCCCCCCCCCCC)CC(=O)NC(CO)C(O)CCCCCCCCCCC. The minimum atomic E-state index is -0.780. The highest BCUT2D eigenvalue weighted by Gasteiger charge is 2.24.